The lowest BCUT2D eigenvalue weighted by molar-refractivity contribution is 0.156. The number of nitrogens with zero attached hydrogens (tertiary/aromatic N) is 2. The van der Waals surface area contributed by atoms with Gasteiger partial charge in [0.25, 0.3) is 0 Å². The molecule has 0 bridgehead atoms. The van der Waals surface area contributed by atoms with Gasteiger partial charge < -0.3 is 4.74 Å². The van der Waals surface area contributed by atoms with Crippen molar-refractivity contribution in [3.63, 3.8) is 0 Å². The molecule has 1 aliphatic heterocycles. The third kappa shape index (κ3) is 5.69. The molecule has 0 amide bonds. The summed E-state index contributed by atoms with van der Waals surface area (Å²) in [4.78, 5) is 2.71. The summed E-state index contributed by atoms with van der Waals surface area (Å²) in [5, 5.41) is 0. The molecule has 4 rings (SSSR count). The molecular formula is C28H34N2O3S. The van der Waals surface area contributed by atoms with Gasteiger partial charge in [0.05, 0.1) is 17.5 Å². The third-order valence-electron chi connectivity index (χ3n) is 6.37. The van der Waals surface area contributed by atoms with E-state index in [2.05, 4.69) is 67.3 Å². The molecule has 1 saturated heterocycles. The van der Waals surface area contributed by atoms with Crippen LogP contribution < -0.4 is 4.74 Å². The first-order valence-electron chi connectivity index (χ1n) is 12.1. The number of hydrogen-bond acceptors (Lipinski definition) is 4. The molecule has 5 nitrogen and oxygen atoms in total. The van der Waals surface area contributed by atoms with Crippen LogP contribution in [0.4, 0.5) is 0 Å². The Hall–Kier alpha value is -2.67. The molecule has 0 N–H and O–H groups in total. The first-order valence-corrected chi connectivity index (χ1v) is 13.5. The Labute approximate surface area is 204 Å². The number of unbranched alkanes of at least 4 members (excludes halogenated alkanes) is 1. The Kier molecular flexibility index (Phi) is 8.03. The lowest BCUT2D eigenvalue weighted by Gasteiger charge is -2.39. The van der Waals surface area contributed by atoms with E-state index in [1.54, 1.807) is 28.6 Å². The fraction of sp³-hybridized carbons (Fsp3) is 0.357. The maximum absolute atomic E-state index is 13.3. The summed E-state index contributed by atoms with van der Waals surface area (Å²) in [6.45, 7) is 7.12. The monoisotopic (exact) mass is 478 g/mol. The molecule has 0 aliphatic carbocycles. The summed E-state index contributed by atoms with van der Waals surface area (Å²) in [7, 11) is -3.54. The molecule has 3 aromatic rings. The van der Waals surface area contributed by atoms with Gasteiger partial charge in [0.2, 0.25) is 10.0 Å². The van der Waals surface area contributed by atoms with Gasteiger partial charge in [-0.1, -0.05) is 73.5 Å². The van der Waals surface area contributed by atoms with E-state index in [1.165, 1.54) is 16.7 Å². The van der Waals surface area contributed by atoms with E-state index in [1.807, 2.05) is 6.07 Å². The first-order chi connectivity index (χ1) is 16.5. The molecule has 1 fully saturated rings. The van der Waals surface area contributed by atoms with Crippen molar-refractivity contribution in [3.8, 4) is 5.75 Å². The summed E-state index contributed by atoms with van der Waals surface area (Å²) in [6, 6.07) is 26.0. The van der Waals surface area contributed by atoms with E-state index in [-0.39, 0.29) is 6.04 Å². The summed E-state index contributed by atoms with van der Waals surface area (Å²) < 4.78 is 33.8. The van der Waals surface area contributed by atoms with Gasteiger partial charge in [0, 0.05) is 26.2 Å². The van der Waals surface area contributed by atoms with Gasteiger partial charge in [-0.2, -0.15) is 4.31 Å². The van der Waals surface area contributed by atoms with Crippen molar-refractivity contribution in [3.05, 3.63) is 95.6 Å². The molecular weight excluding hydrogens is 444 g/mol. The fourth-order valence-electron chi connectivity index (χ4n) is 4.39. The Morgan fingerprint density at radius 2 is 1.44 bits per heavy atom. The van der Waals surface area contributed by atoms with Crippen molar-refractivity contribution < 1.29 is 13.2 Å². The van der Waals surface area contributed by atoms with Crippen LogP contribution in [-0.4, -0.2) is 50.4 Å². The van der Waals surface area contributed by atoms with E-state index in [0.717, 1.165) is 12.8 Å². The van der Waals surface area contributed by atoms with Gasteiger partial charge in [-0.15, -0.1) is 0 Å². The molecule has 0 radical (unpaired) electrons. The average Bonchev–Trinajstić information content (AvgIpc) is 2.87. The second-order valence-electron chi connectivity index (χ2n) is 8.84. The summed E-state index contributed by atoms with van der Waals surface area (Å²) >= 11 is 0. The topological polar surface area (TPSA) is 49.9 Å². The van der Waals surface area contributed by atoms with Crippen LogP contribution in [0.1, 0.15) is 42.5 Å². The molecule has 3 aromatic carbocycles. The van der Waals surface area contributed by atoms with Crippen molar-refractivity contribution in [1.82, 2.24) is 9.21 Å². The minimum absolute atomic E-state index is 0.103. The molecule has 1 aliphatic rings. The van der Waals surface area contributed by atoms with Crippen LogP contribution in [-0.2, 0) is 10.0 Å². The number of hydrogen-bond donors (Lipinski definition) is 0. The highest BCUT2D eigenvalue weighted by Gasteiger charge is 2.32. The largest absolute Gasteiger partial charge is 0.494 e. The van der Waals surface area contributed by atoms with Crippen LogP contribution in [0.25, 0.3) is 0 Å². The van der Waals surface area contributed by atoms with Crippen LogP contribution in [0.5, 0.6) is 5.75 Å². The molecule has 1 atom stereocenters. The van der Waals surface area contributed by atoms with Gasteiger partial charge in [-0.05, 0) is 48.7 Å². The zero-order valence-electron chi connectivity index (χ0n) is 20.1. The van der Waals surface area contributed by atoms with Crippen molar-refractivity contribution in [1.29, 1.82) is 0 Å². The highest BCUT2D eigenvalue weighted by Crippen LogP contribution is 2.31. The van der Waals surface area contributed by atoms with Crippen molar-refractivity contribution in [2.45, 2.75) is 37.6 Å². The van der Waals surface area contributed by atoms with E-state index in [9.17, 15) is 8.42 Å². The standard InChI is InChI=1S/C28H34N2O3S/c1-3-4-22-33-26-14-16-27(17-15-26)34(31,32)30-20-18-29(19-21-30)28(24-8-6-5-7-9-24)25-12-10-23(2)11-13-25/h5-17,28H,3-4,18-22H2,1-2H3. The van der Waals surface area contributed by atoms with Crippen molar-refractivity contribution >= 4 is 10.0 Å². The van der Waals surface area contributed by atoms with Crippen LogP contribution in [0.15, 0.2) is 83.8 Å². The summed E-state index contributed by atoms with van der Waals surface area (Å²) in [6.07, 6.45) is 2.05. The van der Waals surface area contributed by atoms with E-state index in [0.29, 0.717) is 43.4 Å². The number of benzene rings is 3. The van der Waals surface area contributed by atoms with Gasteiger partial charge in [-0.25, -0.2) is 8.42 Å². The minimum atomic E-state index is -3.54. The predicted molar refractivity (Wildman–Crippen MR) is 137 cm³/mol. The predicted octanol–water partition coefficient (Wildman–Crippen LogP) is 5.27. The van der Waals surface area contributed by atoms with Crippen LogP contribution >= 0.6 is 0 Å². The van der Waals surface area contributed by atoms with Crippen molar-refractivity contribution in [2.75, 3.05) is 32.8 Å². The van der Waals surface area contributed by atoms with E-state index in [4.69, 9.17) is 4.74 Å². The number of aryl methyl sites for hydroxylation is 1. The molecule has 0 aromatic heterocycles. The van der Waals surface area contributed by atoms with Gasteiger partial charge in [0.15, 0.2) is 0 Å². The van der Waals surface area contributed by atoms with Gasteiger partial charge in [0.1, 0.15) is 5.75 Å². The maximum atomic E-state index is 13.3. The van der Waals surface area contributed by atoms with Crippen LogP contribution in [0.3, 0.4) is 0 Å². The number of sulfonamides is 1. The highest BCUT2D eigenvalue weighted by atomic mass is 32.2. The molecule has 180 valence electrons. The molecule has 1 heterocycles. The molecule has 34 heavy (non-hydrogen) atoms. The zero-order valence-corrected chi connectivity index (χ0v) is 20.9. The number of ether oxygens (including phenoxy) is 1. The number of rotatable bonds is 9. The molecule has 0 spiro atoms. The smallest absolute Gasteiger partial charge is 0.243 e. The third-order valence-corrected chi connectivity index (χ3v) is 8.29. The first kappa shape index (κ1) is 24.5. The van der Waals surface area contributed by atoms with E-state index < -0.39 is 10.0 Å². The fourth-order valence-corrected chi connectivity index (χ4v) is 5.81. The van der Waals surface area contributed by atoms with Crippen molar-refractivity contribution in [2.24, 2.45) is 0 Å². The quantitative estimate of drug-likeness (QED) is 0.393. The maximum Gasteiger partial charge on any atom is 0.243 e. The van der Waals surface area contributed by atoms with Gasteiger partial charge >= 0.3 is 0 Å². The average molecular weight is 479 g/mol. The minimum Gasteiger partial charge on any atom is -0.494 e. The normalized spacial score (nSPS) is 16.3. The van der Waals surface area contributed by atoms with Crippen LogP contribution in [0, 0.1) is 6.92 Å². The Morgan fingerprint density at radius 1 is 0.824 bits per heavy atom. The summed E-state index contributed by atoms with van der Waals surface area (Å²) in [5.41, 5.74) is 3.68. The van der Waals surface area contributed by atoms with E-state index >= 15 is 0 Å². The molecule has 1 unspecified atom stereocenters. The molecule has 6 heteroatoms. The molecule has 0 saturated carbocycles. The Balaban J connectivity index is 1.47. The lowest BCUT2D eigenvalue weighted by Crippen LogP contribution is -2.49. The second-order valence-corrected chi connectivity index (χ2v) is 10.8. The van der Waals surface area contributed by atoms with Gasteiger partial charge in [-0.3, -0.25) is 4.90 Å². The second kappa shape index (κ2) is 11.2. The Morgan fingerprint density at radius 3 is 2.06 bits per heavy atom. The highest BCUT2D eigenvalue weighted by molar-refractivity contribution is 7.89. The van der Waals surface area contributed by atoms with Crippen LogP contribution in [0.2, 0.25) is 0 Å². The summed E-state index contributed by atoms with van der Waals surface area (Å²) in [5.74, 6) is 0.709. The zero-order chi connectivity index (χ0) is 24.0. The lowest BCUT2D eigenvalue weighted by atomic mass is 9.96. The SMILES string of the molecule is CCCCOc1ccc(S(=O)(=O)N2CCN(C(c3ccccc3)c3ccc(C)cc3)CC2)cc1. The number of piperazine rings is 1. The Bertz CT molecular complexity index is 1140.